The van der Waals surface area contributed by atoms with E-state index < -0.39 is 10.0 Å². The fourth-order valence-electron chi connectivity index (χ4n) is 4.78. The van der Waals surface area contributed by atoms with Crippen molar-refractivity contribution < 1.29 is 17.9 Å². The van der Waals surface area contributed by atoms with Crippen LogP contribution in [-0.4, -0.2) is 43.8 Å². The van der Waals surface area contributed by atoms with Crippen LogP contribution in [0.1, 0.15) is 32.1 Å². The van der Waals surface area contributed by atoms with E-state index >= 15 is 0 Å². The van der Waals surface area contributed by atoms with Crippen molar-refractivity contribution in [3.8, 4) is 5.75 Å². The second kappa shape index (κ2) is 8.35. The Balaban J connectivity index is 1.59. The number of pyridine rings is 1. The highest BCUT2D eigenvalue weighted by molar-refractivity contribution is 7.89. The van der Waals surface area contributed by atoms with Gasteiger partial charge in [0.25, 0.3) is 0 Å². The molecule has 2 aromatic rings. The zero-order valence-electron chi connectivity index (χ0n) is 17.1. The number of ether oxygens (including phenoxy) is 1. The zero-order chi connectivity index (χ0) is 21.2. The normalized spacial score (nSPS) is 21.4. The molecule has 1 amide bonds. The molecular formula is C22H27N3O4S. The minimum Gasteiger partial charge on any atom is -0.497 e. The summed E-state index contributed by atoms with van der Waals surface area (Å²) in [6.07, 6.45) is 7.83. The molecule has 1 aromatic heterocycles. The average molecular weight is 430 g/mol. The van der Waals surface area contributed by atoms with Crippen LogP contribution in [0.4, 0.5) is 5.69 Å². The van der Waals surface area contributed by atoms with E-state index in [1.165, 1.54) is 10.5 Å². The number of hydrogen-bond acceptors (Lipinski definition) is 5. The molecule has 1 aliphatic carbocycles. The SMILES string of the molecule is COc1ccc(NC(=O)C2CN(S(=O)(=O)c3cccnc3)CC23CCCCC3)cc1. The van der Waals surface area contributed by atoms with E-state index in [-0.39, 0.29) is 28.7 Å². The van der Waals surface area contributed by atoms with Crippen LogP contribution in [-0.2, 0) is 14.8 Å². The molecule has 1 spiro atoms. The summed E-state index contributed by atoms with van der Waals surface area (Å²) in [4.78, 5) is 17.4. The van der Waals surface area contributed by atoms with E-state index in [4.69, 9.17) is 4.74 Å². The van der Waals surface area contributed by atoms with E-state index in [9.17, 15) is 13.2 Å². The molecular weight excluding hydrogens is 402 g/mol. The molecule has 1 saturated heterocycles. The molecule has 2 heterocycles. The molecule has 30 heavy (non-hydrogen) atoms. The number of nitrogens with one attached hydrogen (secondary N) is 1. The van der Waals surface area contributed by atoms with Crippen LogP contribution in [0.3, 0.4) is 0 Å². The summed E-state index contributed by atoms with van der Waals surface area (Å²) in [7, 11) is -2.09. The number of benzene rings is 1. The van der Waals surface area contributed by atoms with Crippen molar-refractivity contribution in [1.82, 2.24) is 9.29 Å². The molecule has 1 saturated carbocycles. The monoisotopic (exact) mass is 429 g/mol. The molecule has 160 valence electrons. The van der Waals surface area contributed by atoms with Gasteiger partial charge in [-0.3, -0.25) is 9.78 Å². The third-order valence-electron chi connectivity index (χ3n) is 6.41. The number of nitrogens with zero attached hydrogens (tertiary/aromatic N) is 2. The van der Waals surface area contributed by atoms with Crippen LogP contribution in [0, 0.1) is 11.3 Å². The van der Waals surface area contributed by atoms with E-state index in [0.717, 1.165) is 32.1 Å². The van der Waals surface area contributed by atoms with Gasteiger partial charge in [-0.05, 0) is 54.7 Å². The number of aromatic nitrogens is 1. The third kappa shape index (κ3) is 3.94. The molecule has 1 aliphatic heterocycles. The summed E-state index contributed by atoms with van der Waals surface area (Å²) in [6, 6.07) is 10.3. The van der Waals surface area contributed by atoms with Crippen molar-refractivity contribution in [2.24, 2.45) is 11.3 Å². The first-order valence-corrected chi connectivity index (χ1v) is 11.7. The number of methoxy groups -OCH3 is 1. The molecule has 2 aliphatic rings. The van der Waals surface area contributed by atoms with Crippen molar-refractivity contribution in [2.75, 3.05) is 25.5 Å². The Hall–Kier alpha value is -2.45. The van der Waals surface area contributed by atoms with Gasteiger partial charge in [0, 0.05) is 31.2 Å². The second-order valence-electron chi connectivity index (χ2n) is 8.18. The molecule has 0 bridgehead atoms. The Morgan fingerprint density at radius 3 is 2.53 bits per heavy atom. The summed E-state index contributed by atoms with van der Waals surface area (Å²) in [5.41, 5.74) is 0.365. The van der Waals surface area contributed by atoms with Crippen LogP contribution in [0.5, 0.6) is 5.75 Å². The molecule has 4 rings (SSSR count). The number of amides is 1. The highest BCUT2D eigenvalue weighted by Gasteiger charge is 2.53. The molecule has 1 unspecified atom stereocenters. The van der Waals surface area contributed by atoms with E-state index in [0.29, 0.717) is 18.0 Å². The van der Waals surface area contributed by atoms with Gasteiger partial charge in [-0.1, -0.05) is 19.3 Å². The summed E-state index contributed by atoms with van der Waals surface area (Å²) < 4.78 is 33.0. The maximum Gasteiger partial charge on any atom is 0.244 e. The molecule has 1 aromatic carbocycles. The topological polar surface area (TPSA) is 88.6 Å². The number of hydrogen-bond donors (Lipinski definition) is 1. The zero-order valence-corrected chi connectivity index (χ0v) is 17.9. The summed E-state index contributed by atoms with van der Waals surface area (Å²) in [5.74, 6) is 0.212. The molecule has 1 N–H and O–H groups in total. The molecule has 7 nitrogen and oxygen atoms in total. The van der Waals surface area contributed by atoms with E-state index in [1.807, 2.05) is 0 Å². The lowest BCUT2D eigenvalue weighted by Gasteiger charge is -2.37. The minimum atomic E-state index is -3.69. The number of rotatable bonds is 5. The molecule has 2 fully saturated rings. The number of anilines is 1. The minimum absolute atomic E-state index is 0.119. The average Bonchev–Trinajstić information content (AvgIpc) is 3.15. The first-order valence-electron chi connectivity index (χ1n) is 10.3. The lowest BCUT2D eigenvalue weighted by Crippen LogP contribution is -2.39. The Morgan fingerprint density at radius 2 is 1.90 bits per heavy atom. The van der Waals surface area contributed by atoms with Gasteiger partial charge in [0.05, 0.1) is 13.0 Å². The van der Waals surface area contributed by atoms with Crippen molar-refractivity contribution in [1.29, 1.82) is 0 Å². The molecule has 8 heteroatoms. The Labute approximate surface area is 177 Å². The van der Waals surface area contributed by atoms with Gasteiger partial charge in [-0.25, -0.2) is 8.42 Å². The highest BCUT2D eigenvalue weighted by Crippen LogP contribution is 2.49. The van der Waals surface area contributed by atoms with Crippen LogP contribution in [0.25, 0.3) is 0 Å². The summed E-state index contributed by atoms with van der Waals surface area (Å²) >= 11 is 0. The lowest BCUT2D eigenvalue weighted by molar-refractivity contribution is -0.123. The van der Waals surface area contributed by atoms with Crippen molar-refractivity contribution >= 4 is 21.6 Å². The highest BCUT2D eigenvalue weighted by atomic mass is 32.2. The van der Waals surface area contributed by atoms with E-state index in [1.54, 1.807) is 49.7 Å². The quantitative estimate of drug-likeness (QED) is 0.788. The van der Waals surface area contributed by atoms with Gasteiger partial charge in [-0.2, -0.15) is 4.31 Å². The fourth-order valence-corrected chi connectivity index (χ4v) is 6.30. The van der Waals surface area contributed by atoms with E-state index in [2.05, 4.69) is 10.3 Å². The van der Waals surface area contributed by atoms with Gasteiger partial charge in [0.15, 0.2) is 0 Å². The number of sulfonamides is 1. The van der Waals surface area contributed by atoms with Crippen molar-refractivity contribution in [2.45, 2.75) is 37.0 Å². The standard InChI is InChI=1S/C22H27N3O4S/c1-29-18-9-7-17(8-10-18)24-21(26)20-15-25(16-22(20)11-3-2-4-12-22)30(27,28)19-6-5-13-23-14-19/h5-10,13-14,20H,2-4,11-12,15-16H2,1H3,(H,24,26). The smallest absolute Gasteiger partial charge is 0.244 e. The number of carbonyl (C=O) groups excluding carboxylic acids is 1. The number of carbonyl (C=O) groups is 1. The van der Waals surface area contributed by atoms with Crippen LogP contribution < -0.4 is 10.1 Å². The second-order valence-corrected chi connectivity index (χ2v) is 10.1. The predicted molar refractivity (Wildman–Crippen MR) is 114 cm³/mol. The van der Waals surface area contributed by atoms with Gasteiger partial charge < -0.3 is 10.1 Å². The Bertz CT molecular complexity index is 987. The first-order chi connectivity index (χ1) is 14.4. The van der Waals surface area contributed by atoms with Gasteiger partial charge in [0.2, 0.25) is 15.9 Å². The lowest BCUT2D eigenvalue weighted by atomic mass is 9.67. The largest absolute Gasteiger partial charge is 0.497 e. The summed E-state index contributed by atoms with van der Waals surface area (Å²) in [5, 5.41) is 2.99. The maximum absolute atomic E-state index is 13.3. The fraction of sp³-hybridized carbons (Fsp3) is 0.455. The Morgan fingerprint density at radius 1 is 1.17 bits per heavy atom. The van der Waals surface area contributed by atoms with Gasteiger partial charge in [0.1, 0.15) is 10.6 Å². The maximum atomic E-state index is 13.3. The van der Waals surface area contributed by atoms with Crippen molar-refractivity contribution in [3.63, 3.8) is 0 Å². The van der Waals surface area contributed by atoms with Gasteiger partial charge >= 0.3 is 0 Å². The van der Waals surface area contributed by atoms with Crippen LogP contribution in [0.15, 0.2) is 53.7 Å². The van der Waals surface area contributed by atoms with Crippen LogP contribution in [0.2, 0.25) is 0 Å². The third-order valence-corrected chi connectivity index (χ3v) is 8.21. The molecule has 0 radical (unpaired) electrons. The van der Waals surface area contributed by atoms with Crippen molar-refractivity contribution in [3.05, 3.63) is 48.8 Å². The Kier molecular flexibility index (Phi) is 5.79. The van der Waals surface area contributed by atoms with Gasteiger partial charge in [-0.15, -0.1) is 0 Å². The molecule has 1 atom stereocenters. The summed E-state index contributed by atoms with van der Waals surface area (Å²) in [6.45, 7) is 0.574. The predicted octanol–water partition coefficient (Wildman–Crippen LogP) is 3.30. The first kappa shape index (κ1) is 20.8. The van der Waals surface area contributed by atoms with Crippen LogP contribution >= 0.6 is 0 Å².